The highest BCUT2D eigenvalue weighted by Gasteiger charge is 2.21. The predicted molar refractivity (Wildman–Crippen MR) is 74.6 cm³/mol. The van der Waals surface area contributed by atoms with E-state index in [-0.39, 0.29) is 18.2 Å². The molecule has 1 heterocycles. The Bertz CT molecular complexity index is 443. The van der Waals surface area contributed by atoms with E-state index in [1.807, 2.05) is 11.0 Å². The molecule has 108 valence electrons. The van der Waals surface area contributed by atoms with Crippen LogP contribution in [0.4, 0.5) is 0 Å². The normalized spacial score (nSPS) is 19.4. The highest BCUT2D eigenvalue weighted by molar-refractivity contribution is 5.88. The lowest BCUT2D eigenvalue weighted by molar-refractivity contribution is -0.131. The van der Waals surface area contributed by atoms with E-state index in [1.165, 1.54) is 18.4 Å². The zero-order valence-electron chi connectivity index (χ0n) is 11.8. The molecule has 2 amide bonds. The molecule has 1 saturated carbocycles. The maximum atomic E-state index is 12.2. The Labute approximate surface area is 119 Å². The molecule has 0 atom stereocenters. The van der Waals surface area contributed by atoms with Crippen LogP contribution in [0.3, 0.4) is 0 Å². The first-order chi connectivity index (χ1) is 9.70. The molecule has 5 heteroatoms. The number of hydrogen-bond acceptors (Lipinski definition) is 3. The van der Waals surface area contributed by atoms with Crippen molar-refractivity contribution in [1.82, 2.24) is 9.80 Å². The third kappa shape index (κ3) is 3.83. The van der Waals surface area contributed by atoms with Crippen molar-refractivity contribution in [3.05, 3.63) is 11.6 Å². The molecule has 1 aliphatic carbocycles. The predicted octanol–water partition coefficient (Wildman–Crippen LogP) is 1.46. The average Bonchev–Trinajstić information content (AvgIpc) is 2.80. The molecular formula is C15H21N3O2. The SMILES string of the molecule is N#CCC(=O)N1CCCN(C(=O)C=C2CCCC2)CC1. The van der Waals surface area contributed by atoms with Crippen molar-refractivity contribution in [3.8, 4) is 6.07 Å². The van der Waals surface area contributed by atoms with Gasteiger partial charge in [-0.2, -0.15) is 5.26 Å². The van der Waals surface area contributed by atoms with E-state index in [4.69, 9.17) is 5.26 Å². The third-order valence-corrected chi connectivity index (χ3v) is 3.96. The maximum absolute atomic E-state index is 12.2. The van der Waals surface area contributed by atoms with Crippen molar-refractivity contribution in [1.29, 1.82) is 5.26 Å². The number of hydrogen-bond donors (Lipinski definition) is 0. The number of amides is 2. The van der Waals surface area contributed by atoms with Crippen LogP contribution in [0.25, 0.3) is 0 Å². The van der Waals surface area contributed by atoms with Crippen molar-refractivity contribution in [2.24, 2.45) is 0 Å². The largest absolute Gasteiger partial charge is 0.340 e. The lowest BCUT2D eigenvalue weighted by Gasteiger charge is -2.20. The summed E-state index contributed by atoms with van der Waals surface area (Å²) in [4.78, 5) is 27.4. The summed E-state index contributed by atoms with van der Waals surface area (Å²) in [6.45, 7) is 2.44. The highest BCUT2D eigenvalue weighted by atomic mass is 16.2. The van der Waals surface area contributed by atoms with E-state index in [0.717, 1.165) is 19.3 Å². The molecule has 0 aromatic carbocycles. The third-order valence-electron chi connectivity index (χ3n) is 3.96. The van der Waals surface area contributed by atoms with E-state index in [9.17, 15) is 9.59 Å². The fourth-order valence-corrected chi connectivity index (χ4v) is 2.81. The van der Waals surface area contributed by atoms with Gasteiger partial charge in [-0.25, -0.2) is 0 Å². The molecule has 2 aliphatic rings. The summed E-state index contributed by atoms with van der Waals surface area (Å²) < 4.78 is 0. The van der Waals surface area contributed by atoms with Gasteiger partial charge in [0, 0.05) is 32.3 Å². The molecule has 1 aliphatic heterocycles. The fraction of sp³-hybridized carbons (Fsp3) is 0.667. The second-order valence-corrected chi connectivity index (χ2v) is 5.40. The van der Waals surface area contributed by atoms with Crippen LogP contribution in [-0.2, 0) is 9.59 Å². The van der Waals surface area contributed by atoms with Crippen LogP contribution in [0.5, 0.6) is 0 Å². The molecule has 0 aromatic heterocycles. The Morgan fingerprint density at radius 3 is 2.40 bits per heavy atom. The Kier molecular flexibility index (Phi) is 5.16. The summed E-state index contributed by atoms with van der Waals surface area (Å²) in [6, 6.07) is 1.89. The van der Waals surface area contributed by atoms with Crippen molar-refractivity contribution in [3.63, 3.8) is 0 Å². The van der Waals surface area contributed by atoms with Gasteiger partial charge in [-0.05, 0) is 32.1 Å². The minimum atomic E-state index is -0.129. The molecule has 0 unspecified atom stereocenters. The molecule has 0 spiro atoms. The Hall–Kier alpha value is -1.83. The molecule has 0 bridgehead atoms. The summed E-state index contributed by atoms with van der Waals surface area (Å²) in [7, 11) is 0. The van der Waals surface area contributed by atoms with Gasteiger partial charge in [0.25, 0.3) is 0 Å². The Morgan fingerprint density at radius 2 is 1.70 bits per heavy atom. The van der Waals surface area contributed by atoms with Gasteiger partial charge in [-0.3, -0.25) is 9.59 Å². The fourth-order valence-electron chi connectivity index (χ4n) is 2.81. The number of nitrogens with zero attached hydrogens (tertiary/aromatic N) is 3. The van der Waals surface area contributed by atoms with Gasteiger partial charge in [0.1, 0.15) is 6.42 Å². The first-order valence-electron chi connectivity index (χ1n) is 7.34. The Morgan fingerprint density at radius 1 is 1.05 bits per heavy atom. The summed E-state index contributed by atoms with van der Waals surface area (Å²) in [5.74, 6) is -0.0487. The topological polar surface area (TPSA) is 64.4 Å². The minimum Gasteiger partial charge on any atom is -0.340 e. The second kappa shape index (κ2) is 7.09. The van der Waals surface area contributed by atoms with Gasteiger partial charge in [0.05, 0.1) is 6.07 Å². The number of allylic oxidation sites excluding steroid dienone is 1. The molecule has 0 N–H and O–H groups in total. The molecular weight excluding hydrogens is 254 g/mol. The first kappa shape index (κ1) is 14.6. The van der Waals surface area contributed by atoms with E-state index in [0.29, 0.717) is 26.2 Å². The van der Waals surface area contributed by atoms with E-state index < -0.39 is 0 Å². The van der Waals surface area contributed by atoms with Gasteiger partial charge in [0.2, 0.25) is 11.8 Å². The van der Waals surface area contributed by atoms with E-state index >= 15 is 0 Å². The lowest BCUT2D eigenvalue weighted by Crippen LogP contribution is -2.36. The van der Waals surface area contributed by atoms with Crippen molar-refractivity contribution >= 4 is 11.8 Å². The molecule has 2 fully saturated rings. The smallest absolute Gasteiger partial charge is 0.246 e. The minimum absolute atomic E-state index is 0.0714. The molecule has 2 rings (SSSR count). The molecule has 1 saturated heterocycles. The van der Waals surface area contributed by atoms with Crippen LogP contribution in [0.1, 0.15) is 38.5 Å². The average molecular weight is 275 g/mol. The number of carbonyl (C=O) groups is 2. The van der Waals surface area contributed by atoms with Crippen molar-refractivity contribution in [2.45, 2.75) is 38.5 Å². The second-order valence-electron chi connectivity index (χ2n) is 5.40. The van der Waals surface area contributed by atoms with Gasteiger partial charge < -0.3 is 9.80 Å². The van der Waals surface area contributed by atoms with Crippen LogP contribution < -0.4 is 0 Å². The standard InChI is InChI=1S/C15H21N3O2/c16-7-6-14(19)17-8-3-9-18(11-10-17)15(20)12-13-4-1-2-5-13/h12H,1-6,8-11H2. The van der Waals surface area contributed by atoms with E-state index in [2.05, 4.69) is 0 Å². The van der Waals surface area contributed by atoms with Crippen LogP contribution in [-0.4, -0.2) is 47.8 Å². The van der Waals surface area contributed by atoms with Gasteiger partial charge >= 0.3 is 0 Å². The number of nitriles is 1. The van der Waals surface area contributed by atoms with Crippen molar-refractivity contribution < 1.29 is 9.59 Å². The zero-order valence-corrected chi connectivity index (χ0v) is 11.8. The molecule has 5 nitrogen and oxygen atoms in total. The Balaban J connectivity index is 1.89. The van der Waals surface area contributed by atoms with Crippen LogP contribution in [0.2, 0.25) is 0 Å². The quantitative estimate of drug-likeness (QED) is 0.717. The van der Waals surface area contributed by atoms with Gasteiger partial charge in [-0.1, -0.05) is 5.57 Å². The molecule has 0 radical (unpaired) electrons. The monoisotopic (exact) mass is 275 g/mol. The van der Waals surface area contributed by atoms with Gasteiger partial charge in [0.15, 0.2) is 0 Å². The zero-order chi connectivity index (χ0) is 14.4. The molecule has 20 heavy (non-hydrogen) atoms. The van der Waals surface area contributed by atoms with Crippen molar-refractivity contribution in [2.75, 3.05) is 26.2 Å². The first-order valence-corrected chi connectivity index (χ1v) is 7.34. The summed E-state index contributed by atoms with van der Waals surface area (Å²) >= 11 is 0. The van der Waals surface area contributed by atoms with Gasteiger partial charge in [-0.15, -0.1) is 0 Å². The van der Waals surface area contributed by atoms with Crippen LogP contribution in [0, 0.1) is 11.3 Å². The number of rotatable bonds is 2. The highest BCUT2D eigenvalue weighted by Crippen LogP contribution is 2.23. The molecule has 0 aromatic rings. The lowest BCUT2D eigenvalue weighted by atomic mass is 10.2. The number of carbonyl (C=O) groups excluding carboxylic acids is 2. The van der Waals surface area contributed by atoms with Crippen LogP contribution in [0.15, 0.2) is 11.6 Å². The summed E-state index contributed by atoms with van der Waals surface area (Å²) in [5.41, 5.74) is 1.26. The van der Waals surface area contributed by atoms with Crippen LogP contribution >= 0.6 is 0 Å². The summed E-state index contributed by atoms with van der Waals surface area (Å²) in [6.07, 6.45) is 6.98. The maximum Gasteiger partial charge on any atom is 0.246 e. The van der Waals surface area contributed by atoms with E-state index in [1.54, 1.807) is 11.0 Å². The summed E-state index contributed by atoms with van der Waals surface area (Å²) in [5, 5.41) is 8.57.